The van der Waals surface area contributed by atoms with Crippen molar-refractivity contribution in [3.63, 3.8) is 0 Å². The second kappa shape index (κ2) is 6.06. The first kappa shape index (κ1) is 15.8. The Morgan fingerprint density at radius 2 is 2.05 bits per heavy atom. The number of para-hydroxylation sites is 1. The van der Waals surface area contributed by atoms with Crippen molar-refractivity contribution in [2.75, 3.05) is 5.88 Å². The highest BCUT2D eigenvalue weighted by Crippen LogP contribution is 2.24. The van der Waals surface area contributed by atoms with Crippen LogP contribution in [0.25, 0.3) is 10.9 Å². The fraction of sp³-hybridized carbons (Fsp3) is 0.500. The fourth-order valence-corrected chi connectivity index (χ4v) is 2.66. The summed E-state index contributed by atoms with van der Waals surface area (Å²) in [5.74, 6) is 0.377. The number of carbonyl (C=O) groups is 1. The minimum absolute atomic E-state index is 0.0169. The molecule has 1 aromatic heterocycles. The molecule has 1 aromatic carbocycles. The lowest BCUT2D eigenvalue weighted by Gasteiger charge is -2.30. The van der Waals surface area contributed by atoms with Gasteiger partial charge in [0.15, 0.2) is 5.69 Å². The summed E-state index contributed by atoms with van der Waals surface area (Å²) in [6.45, 7) is 6.29. The average molecular weight is 308 g/mol. The summed E-state index contributed by atoms with van der Waals surface area (Å²) >= 11 is 5.86. The highest BCUT2D eigenvalue weighted by molar-refractivity contribution is 6.17. The van der Waals surface area contributed by atoms with Crippen LogP contribution in [-0.4, -0.2) is 27.6 Å². The minimum atomic E-state index is -0.142. The third-order valence-electron chi connectivity index (χ3n) is 3.72. The molecule has 0 saturated heterocycles. The molecule has 0 aliphatic carbocycles. The molecule has 0 fully saturated rings. The summed E-state index contributed by atoms with van der Waals surface area (Å²) in [5, 5.41) is 8.31. The zero-order valence-corrected chi connectivity index (χ0v) is 13.7. The Hall–Kier alpha value is -1.55. The standard InChI is InChI=1S/C16H22ClN3O/c1-16(2,3)13(9-10-17)18-15(21)14-11-7-5-6-8-12(11)20(4)19-14/h5-8,13H,9-10H2,1-4H3,(H,18,21). The van der Waals surface area contributed by atoms with Crippen molar-refractivity contribution >= 4 is 28.4 Å². The first-order valence-corrected chi connectivity index (χ1v) is 7.66. The molecule has 0 saturated carbocycles. The summed E-state index contributed by atoms with van der Waals surface area (Å²) in [4.78, 5) is 12.6. The SMILES string of the molecule is Cn1nc(C(=O)NC(CCCl)C(C)(C)C)c2ccccc21. The van der Waals surface area contributed by atoms with E-state index < -0.39 is 0 Å². The number of carbonyl (C=O) groups excluding carboxylic acids is 1. The summed E-state index contributed by atoms with van der Waals surface area (Å²) in [6, 6.07) is 7.75. The van der Waals surface area contributed by atoms with Crippen molar-refractivity contribution in [2.24, 2.45) is 12.5 Å². The van der Waals surface area contributed by atoms with E-state index in [-0.39, 0.29) is 17.4 Å². The molecule has 0 aliphatic rings. The van der Waals surface area contributed by atoms with Crippen LogP contribution in [0.1, 0.15) is 37.7 Å². The van der Waals surface area contributed by atoms with Crippen LogP contribution in [0.3, 0.4) is 0 Å². The predicted octanol–water partition coefficient (Wildman–Crippen LogP) is 3.35. The number of benzene rings is 1. The van der Waals surface area contributed by atoms with Gasteiger partial charge in [0, 0.05) is 24.4 Å². The average Bonchev–Trinajstić information content (AvgIpc) is 2.75. The van der Waals surface area contributed by atoms with Crippen LogP contribution < -0.4 is 5.32 Å². The van der Waals surface area contributed by atoms with Crippen molar-refractivity contribution in [3.8, 4) is 0 Å². The molecular formula is C16H22ClN3O. The third-order valence-corrected chi connectivity index (χ3v) is 3.94. The summed E-state index contributed by atoms with van der Waals surface area (Å²) < 4.78 is 1.73. The molecule has 1 heterocycles. The van der Waals surface area contributed by atoms with Gasteiger partial charge in [0.05, 0.1) is 5.52 Å². The Bertz CT molecular complexity index is 642. The maximum absolute atomic E-state index is 12.6. The maximum Gasteiger partial charge on any atom is 0.272 e. The number of amides is 1. The normalized spacial score (nSPS) is 13.4. The monoisotopic (exact) mass is 307 g/mol. The molecule has 114 valence electrons. The number of fused-ring (bicyclic) bond motifs is 1. The van der Waals surface area contributed by atoms with Crippen molar-refractivity contribution in [1.29, 1.82) is 0 Å². The number of nitrogens with one attached hydrogen (secondary N) is 1. The molecule has 1 amide bonds. The molecule has 4 nitrogen and oxygen atoms in total. The number of hydrogen-bond donors (Lipinski definition) is 1. The number of aromatic nitrogens is 2. The van der Waals surface area contributed by atoms with Gasteiger partial charge in [0.25, 0.3) is 5.91 Å². The molecule has 0 aliphatic heterocycles. The molecule has 5 heteroatoms. The van der Waals surface area contributed by atoms with Gasteiger partial charge < -0.3 is 5.32 Å². The van der Waals surface area contributed by atoms with Crippen molar-refractivity contribution < 1.29 is 4.79 Å². The van der Waals surface area contributed by atoms with Crippen LogP contribution in [-0.2, 0) is 7.05 Å². The van der Waals surface area contributed by atoms with E-state index in [1.165, 1.54) is 0 Å². The second-order valence-corrected chi connectivity index (χ2v) is 6.74. The topological polar surface area (TPSA) is 46.9 Å². The number of hydrogen-bond acceptors (Lipinski definition) is 2. The zero-order valence-electron chi connectivity index (χ0n) is 13.0. The molecular weight excluding hydrogens is 286 g/mol. The van der Waals surface area contributed by atoms with Crippen molar-refractivity contribution in [1.82, 2.24) is 15.1 Å². The van der Waals surface area contributed by atoms with Crippen LogP contribution in [0.4, 0.5) is 0 Å². The molecule has 1 N–H and O–H groups in total. The summed E-state index contributed by atoms with van der Waals surface area (Å²) in [5.41, 5.74) is 1.37. The first-order valence-electron chi connectivity index (χ1n) is 7.13. The summed E-state index contributed by atoms with van der Waals surface area (Å²) in [7, 11) is 1.85. The number of alkyl halides is 1. The van der Waals surface area contributed by atoms with Gasteiger partial charge in [0.2, 0.25) is 0 Å². The van der Waals surface area contributed by atoms with Gasteiger partial charge >= 0.3 is 0 Å². The lowest BCUT2D eigenvalue weighted by molar-refractivity contribution is 0.0896. The zero-order chi connectivity index (χ0) is 15.6. The second-order valence-electron chi connectivity index (χ2n) is 6.36. The Kier molecular flexibility index (Phi) is 4.57. The van der Waals surface area contributed by atoms with E-state index in [0.29, 0.717) is 11.6 Å². The highest BCUT2D eigenvalue weighted by atomic mass is 35.5. The molecule has 0 spiro atoms. The lowest BCUT2D eigenvalue weighted by atomic mass is 9.85. The van der Waals surface area contributed by atoms with Gasteiger partial charge in [-0.05, 0) is 17.9 Å². The molecule has 21 heavy (non-hydrogen) atoms. The van der Waals surface area contributed by atoms with Gasteiger partial charge in [-0.3, -0.25) is 9.48 Å². The van der Waals surface area contributed by atoms with Crippen molar-refractivity contribution in [2.45, 2.75) is 33.2 Å². The van der Waals surface area contributed by atoms with E-state index in [2.05, 4.69) is 31.2 Å². The van der Waals surface area contributed by atoms with Crippen LogP contribution >= 0.6 is 11.6 Å². The Morgan fingerprint density at radius 3 is 2.67 bits per heavy atom. The molecule has 0 bridgehead atoms. The van der Waals surface area contributed by atoms with E-state index >= 15 is 0 Å². The van der Waals surface area contributed by atoms with Gasteiger partial charge in [0.1, 0.15) is 0 Å². The van der Waals surface area contributed by atoms with Gasteiger partial charge in [-0.15, -0.1) is 11.6 Å². The minimum Gasteiger partial charge on any atom is -0.347 e. The number of nitrogens with zero attached hydrogens (tertiary/aromatic N) is 2. The van der Waals surface area contributed by atoms with Crippen LogP contribution in [0.5, 0.6) is 0 Å². The molecule has 0 radical (unpaired) electrons. The van der Waals surface area contributed by atoms with E-state index in [1.54, 1.807) is 4.68 Å². The largest absolute Gasteiger partial charge is 0.347 e. The molecule has 1 atom stereocenters. The highest BCUT2D eigenvalue weighted by Gasteiger charge is 2.27. The van der Waals surface area contributed by atoms with Crippen molar-refractivity contribution in [3.05, 3.63) is 30.0 Å². The Balaban J connectivity index is 2.30. The van der Waals surface area contributed by atoms with Gasteiger partial charge in [-0.25, -0.2) is 0 Å². The smallest absolute Gasteiger partial charge is 0.272 e. The number of aryl methyl sites for hydroxylation is 1. The fourth-order valence-electron chi connectivity index (χ4n) is 2.44. The Labute approximate surface area is 130 Å². The maximum atomic E-state index is 12.6. The van der Waals surface area contributed by atoms with Gasteiger partial charge in [-0.2, -0.15) is 5.10 Å². The quantitative estimate of drug-likeness (QED) is 0.881. The van der Waals surface area contributed by atoms with E-state index in [4.69, 9.17) is 11.6 Å². The van der Waals surface area contributed by atoms with Crippen LogP contribution in [0, 0.1) is 5.41 Å². The Morgan fingerprint density at radius 1 is 1.38 bits per heavy atom. The van der Waals surface area contributed by atoms with Gasteiger partial charge in [-0.1, -0.05) is 39.0 Å². The molecule has 2 rings (SSSR count). The molecule has 1 unspecified atom stereocenters. The third kappa shape index (κ3) is 3.38. The number of rotatable bonds is 4. The van der Waals surface area contributed by atoms with E-state index in [0.717, 1.165) is 17.3 Å². The number of halogens is 1. The molecule has 2 aromatic rings. The predicted molar refractivity (Wildman–Crippen MR) is 86.8 cm³/mol. The van der Waals surface area contributed by atoms with E-state index in [9.17, 15) is 4.79 Å². The van der Waals surface area contributed by atoms with Crippen LogP contribution in [0.2, 0.25) is 0 Å². The van der Waals surface area contributed by atoms with E-state index in [1.807, 2.05) is 31.3 Å². The first-order chi connectivity index (χ1) is 9.84. The van der Waals surface area contributed by atoms with Crippen LogP contribution in [0.15, 0.2) is 24.3 Å². The lowest BCUT2D eigenvalue weighted by Crippen LogP contribution is -2.44. The summed E-state index contributed by atoms with van der Waals surface area (Å²) in [6.07, 6.45) is 0.738.